The molecule has 0 spiro atoms. The van der Waals surface area contributed by atoms with Crippen LogP contribution in [0.4, 0.5) is 0 Å². The van der Waals surface area contributed by atoms with E-state index < -0.39 is 0 Å². The molecule has 0 aliphatic rings. The van der Waals surface area contributed by atoms with Gasteiger partial charge in [0.15, 0.2) is 0 Å². The Hall–Kier alpha value is -0.830. The highest BCUT2D eigenvalue weighted by Crippen LogP contribution is 2.09. The Balaban J connectivity index is 2.65. The van der Waals surface area contributed by atoms with Crippen molar-refractivity contribution in [3.05, 3.63) is 18.0 Å². The van der Waals surface area contributed by atoms with Crippen LogP contribution in [0.5, 0.6) is 0 Å². The maximum Gasteiger partial charge on any atom is 0.0535 e. The number of nitrogens with zero attached hydrogens (tertiary/aromatic N) is 1. The van der Waals surface area contributed by atoms with Crippen LogP contribution < -0.4 is 5.73 Å². The quantitative estimate of drug-likeness (QED) is 0.614. The van der Waals surface area contributed by atoms with E-state index in [0.717, 1.165) is 12.0 Å². The molecule has 1 rings (SSSR count). The molecule has 1 heterocycles. The lowest BCUT2D eigenvalue weighted by molar-refractivity contribution is 0.699. The molecule has 0 radical (unpaired) electrons. The van der Waals surface area contributed by atoms with Crippen molar-refractivity contribution in [1.29, 1.82) is 0 Å². The number of hydrogen-bond acceptors (Lipinski definition) is 2. The van der Waals surface area contributed by atoms with Crippen molar-refractivity contribution < 1.29 is 0 Å². The van der Waals surface area contributed by atoms with Crippen molar-refractivity contribution in [2.45, 2.75) is 19.4 Å². The minimum atomic E-state index is 0.142. The lowest BCUT2D eigenvalue weighted by atomic mass is 10.1. The van der Waals surface area contributed by atoms with Crippen molar-refractivity contribution in [3.8, 4) is 0 Å². The van der Waals surface area contributed by atoms with E-state index in [-0.39, 0.29) is 6.04 Å². The summed E-state index contributed by atoms with van der Waals surface area (Å²) in [4.78, 5) is 0. The van der Waals surface area contributed by atoms with Gasteiger partial charge in [-0.05, 0) is 6.42 Å². The lowest BCUT2D eigenvalue weighted by Gasteiger charge is -2.02. The summed E-state index contributed by atoms with van der Waals surface area (Å²) in [6.45, 7) is 2.05. The molecular formula is C6H11N3. The van der Waals surface area contributed by atoms with Gasteiger partial charge >= 0.3 is 0 Å². The van der Waals surface area contributed by atoms with Crippen LogP contribution in [0.1, 0.15) is 24.9 Å². The van der Waals surface area contributed by atoms with E-state index in [0.29, 0.717) is 0 Å². The van der Waals surface area contributed by atoms with Gasteiger partial charge in [-0.15, -0.1) is 0 Å². The van der Waals surface area contributed by atoms with Crippen LogP contribution in [0.25, 0.3) is 0 Å². The summed E-state index contributed by atoms with van der Waals surface area (Å²) in [6, 6.07) is 0.142. The average Bonchev–Trinajstić information content (AvgIpc) is 2.37. The summed E-state index contributed by atoms with van der Waals surface area (Å²) < 4.78 is 0. The smallest absolute Gasteiger partial charge is 0.0535 e. The third-order valence-electron chi connectivity index (χ3n) is 1.39. The number of aromatic nitrogens is 2. The Morgan fingerprint density at radius 3 is 3.11 bits per heavy atom. The zero-order valence-corrected chi connectivity index (χ0v) is 5.46. The monoisotopic (exact) mass is 125 g/mol. The van der Waals surface area contributed by atoms with Crippen molar-refractivity contribution in [2.75, 3.05) is 0 Å². The molecule has 0 amide bonds. The van der Waals surface area contributed by atoms with Crippen LogP contribution in [0, 0.1) is 0 Å². The highest BCUT2D eigenvalue weighted by atomic mass is 15.1. The molecule has 0 aliphatic carbocycles. The third-order valence-corrected chi connectivity index (χ3v) is 1.39. The van der Waals surface area contributed by atoms with E-state index in [2.05, 4.69) is 17.1 Å². The van der Waals surface area contributed by atoms with Crippen LogP contribution in [-0.2, 0) is 0 Å². The zero-order valence-electron chi connectivity index (χ0n) is 5.46. The third kappa shape index (κ3) is 1.29. The van der Waals surface area contributed by atoms with E-state index in [4.69, 9.17) is 5.73 Å². The molecule has 1 aromatic rings. The van der Waals surface area contributed by atoms with Crippen molar-refractivity contribution in [1.82, 2.24) is 10.2 Å². The number of rotatable bonds is 2. The topological polar surface area (TPSA) is 54.7 Å². The molecule has 0 saturated carbocycles. The molecule has 0 saturated heterocycles. The number of nitrogens with two attached hydrogens (primary N) is 1. The first kappa shape index (κ1) is 6.29. The van der Waals surface area contributed by atoms with Crippen molar-refractivity contribution in [2.24, 2.45) is 5.73 Å². The van der Waals surface area contributed by atoms with E-state index in [1.54, 1.807) is 6.20 Å². The number of aromatic amines is 1. The fraction of sp³-hybridized carbons (Fsp3) is 0.500. The first-order valence-corrected chi connectivity index (χ1v) is 3.09. The largest absolute Gasteiger partial charge is 0.324 e. The first-order chi connectivity index (χ1) is 4.34. The Labute approximate surface area is 54.3 Å². The standard InChI is InChI=1S/C6H11N3/c1-2-6(7)5-3-8-9-4-5/h3-4,6H,2,7H2,1H3,(H,8,9)/t6-/m0/s1. The zero-order chi connectivity index (χ0) is 6.69. The van der Waals surface area contributed by atoms with Crippen LogP contribution in [0.15, 0.2) is 12.4 Å². The fourth-order valence-corrected chi connectivity index (χ4v) is 0.699. The second-order valence-corrected chi connectivity index (χ2v) is 2.05. The van der Waals surface area contributed by atoms with Gasteiger partial charge in [-0.2, -0.15) is 5.10 Å². The molecule has 0 aromatic carbocycles. The van der Waals surface area contributed by atoms with Crippen LogP contribution in [-0.4, -0.2) is 10.2 Å². The second-order valence-electron chi connectivity index (χ2n) is 2.05. The fourth-order valence-electron chi connectivity index (χ4n) is 0.699. The molecule has 3 N–H and O–H groups in total. The lowest BCUT2D eigenvalue weighted by Crippen LogP contribution is -2.06. The van der Waals surface area contributed by atoms with Gasteiger partial charge in [-0.3, -0.25) is 5.10 Å². The van der Waals surface area contributed by atoms with Crippen molar-refractivity contribution >= 4 is 0 Å². The second kappa shape index (κ2) is 2.64. The van der Waals surface area contributed by atoms with Gasteiger partial charge in [0.1, 0.15) is 0 Å². The van der Waals surface area contributed by atoms with Gasteiger partial charge < -0.3 is 5.73 Å². The maximum atomic E-state index is 5.68. The highest BCUT2D eigenvalue weighted by molar-refractivity contribution is 5.07. The molecule has 50 valence electrons. The van der Waals surface area contributed by atoms with Gasteiger partial charge in [-0.1, -0.05) is 6.92 Å². The van der Waals surface area contributed by atoms with Gasteiger partial charge in [0, 0.05) is 17.8 Å². The molecule has 3 nitrogen and oxygen atoms in total. The summed E-state index contributed by atoms with van der Waals surface area (Å²) in [6.07, 6.45) is 4.54. The molecule has 1 atom stereocenters. The highest BCUT2D eigenvalue weighted by Gasteiger charge is 2.01. The van der Waals surface area contributed by atoms with Gasteiger partial charge in [-0.25, -0.2) is 0 Å². The predicted octanol–water partition coefficient (Wildman–Crippen LogP) is 0.819. The maximum absolute atomic E-state index is 5.68. The Morgan fingerprint density at radius 1 is 1.89 bits per heavy atom. The Morgan fingerprint density at radius 2 is 2.67 bits per heavy atom. The molecule has 0 unspecified atom stereocenters. The molecule has 0 bridgehead atoms. The van der Waals surface area contributed by atoms with E-state index >= 15 is 0 Å². The predicted molar refractivity (Wildman–Crippen MR) is 35.8 cm³/mol. The van der Waals surface area contributed by atoms with E-state index in [9.17, 15) is 0 Å². The van der Waals surface area contributed by atoms with Crippen molar-refractivity contribution in [3.63, 3.8) is 0 Å². The van der Waals surface area contributed by atoms with Gasteiger partial charge in [0.05, 0.1) is 6.20 Å². The summed E-state index contributed by atoms with van der Waals surface area (Å²) in [5.41, 5.74) is 6.76. The minimum Gasteiger partial charge on any atom is -0.324 e. The normalized spacial score (nSPS) is 13.6. The number of hydrogen-bond donors (Lipinski definition) is 2. The van der Waals surface area contributed by atoms with Crippen LogP contribution in [0.2, 0.25) is 0 Å². The van der Waals surface area contributed by atoms with Crippen LogP contribution >= 0.6 is 0 Å². The minimum absolute atomic E-state index is 0.142. The number of H-pyrrole nitrogens is 1. The summed E-state index contributed by atoms with van der Waals surface area (Å²) in [5, 5.41) is 6.50. The summed E-state index contributed by atoms with van der Waals surface area (Å²) in [5.74, 6) is 0. The van der Waals surface area contributed by atoms with Gasteiger partial charge in [0.25, 0.3) is 0 Å². The molecule has 0 fully saturated rings. The van der Waals surface area contributed by atoms with Gasteiger partial charge in [0.2, 0.25) is 0 Å². The van der Waals surface area contributed by atoms with Crippen LogP contribution in [0.3, 0.4) is 0 Å². The first-order valence-electron chi connectivity index (χ1n) is 3.09. The average molecular weight is 125 g/mol. The summed E-state index contributed by atoms with van der Waals surface area (Å²) in [7, 11) is 0. The SMILES string of the molecule is CC[C@H](N)c1cn[nH]c1. The van der Waals surface area contributed by atoms with E-state index in [1.165, 1.54) is 0 Å². The Kier molecular flexibility index (Phi) is 1.85. The molecular weight excluding hydrogens is 114 g/mol. The molecule has 9 heavy (non-hydrogen) atoms. The summed E-state index contributed by atoms with van der Waals surface area (Å²) >= 11 is 0. The molecule has 1 aromatic heterocycles. The number of nitrogens with one attached hydrogen (secondary N) is 1. The molecule has 3 heteroatoms. The van der Waals surface area contributed by atoms with E-state index in [1.807, 2.05) is 6.20 Å². The Bertz CT molecular complexity index is 157. The molecule has 0 aliphatic heterocycles.